The highest BCUT2D eigenvalue weighted by molar-refractivity contribution is 5.85. The Bertz CT molecular complexity index is 368. The van der Waals surface area contributed by atoms with Gasteiger partial charge in [0, 0.05) is 23.7 Å². The van der Waals surface area contributed by atoms with Crippen LogP contribution in [0, 0.1) is 5.92 Å². The van der Waals surface area contributed by atoms with E-state index in [2.05, 4.69) is 15.5 Å². The molecule has 3 atom stereocenters. The van der Waals surface area contributed by atoms with Gasteiger partial charge in [-0.25, -0.2) is 0 Å². The van der Waals surface area contributed by atoms with Gasteiger partial charge in [0.05, 0.1) is 12.2 Å². The van der Waals surface area contributed by atoms with Crippen LogP contribution in [0.1, 0.15) is 44.2 Å². The van der Waals surface area contributed by atoms with Crippen molar-refractivity contribution in [1.82, 2.24) is 15.5 Å². The molecule has 0 aliphatic heterocycles. The molecule has 1 amide bonds. The molecule has 6 heteroatoms. The average molecular weight is 273 g/mol. The van der Waals surface area contributed by atoms with Crippen molar-refractivity contribution in [3.05, 3.63) is 18.0 Å². The molecule has 4 N–H and O–H groups in total. The SMILES string of the molecule is CC(NC(=O)C1CCCC(N)C1)c1cn[nH]c1.Cl. The first-order valence-electron chi connectivity index (χ1n) is 6.21. The Morgan fingerprint density at radius 2 is 2.39 bits per heavy atom. The first kappa shape index (κ1) is 15.0. The number of hydrogen-bond acceptors (Lipinski definition) is 3. The lowest BCUT2D eigenvalue weighted by Gasteiger charge is -2.26. The first-order valence-corrected chi connectivity index (χ1v) is 6.21. The molecule has 0 bridgehead atoms. The summed E-state index contributed by atoms with van der Waals surface area (Å²) in [5.74, 6) is 0.196. The summed E-state index contributed by atoms with van der Waals surface area (Å²) in [4.78, 5) is 12.1. The van der Waals surface area contributed by atoms with Crippen LogP contribution >= 0.6 is 12.4 Å². The summed E-state index contributed by atoms with van der Waals surface area (Å²) in [5.41, 5.74) is 6.89. The third-order valence-electron chi connectivity index (χ3n) is 3.46. The van der Waals surface area contributed by atoms with Crippen molar-refractivity contribution < 1.29 is 4.79 Å². The normalized spacial score (nSPS) is 25.0. The van der Waals surface area contributed by atoms with Gasteiger partial charge < -0.3 is 11.1 Å². The van der Waals surface area contributed by atoms with E-state index in [4.69, 9.17) is 5.73 Å². The zero-order valence-electron chi connectivity index (χ0n) is 10.6. The fourth-order valence-corrected chi connectivity index (χ4v) is 2.38. The molecule has 1 aromatic rings. The fraction of sp³-hybridized carbons (Fsp3) is 0.667. The Hall–Kier alpha value is -1.07. The number of aromatic nitrogens is 2. The molecule has 102 valence electrons. The van der Waals surface area contributed by atoms with E-state index >= 15 is 0 Å². The van der Waals surface area contributed by atoms with Crippen molar-refractivity contribution >= 4 is 18.3 Å². The molecule has 3 unspecified atom stereocenters. The Balaban J connectivity index is 0.00000162. The molecular formula is C12H21ClN4O. The van der Waals surface area contributed by atoms with Gasteiger partial charge in [0.2, 0.25) is 5.91 Å². The van der Waals surface area contributed by atoms with Crippen LogP contribution in [0.4, 0.5) is 0 Å². The number of aromatic amines is 1. The summed E-state index contributed by atoms with van der Waals surface area (Å²) in [6, 6.07) is 0.183. The lowest BCUT2D eigenvalue weighted by Crippen LogP contribution is -2.38. The monoisotopic (exact) mass is 272 g/mol. The summed E-state index contributed by atoms with van der Waals surface area (Å²) in [5, 5.41) is 9.65. The van der Waals surface area contributed by atoms with Crippen LogP contribution in [-0.4, -0.2) is 22.1 Å². The number of carbonyl (C=O) groups is 1. The number of carbonyl (C=O) groups excluding carboxylic acids is 1. The van der Waals surface area contributed by atoms with E-state index in [9.17, 15) is 4.79 Å². The van der Waals surface area contributed by atoms with Crippen LogP contribution in [0.3, 0.4) is 0 Å². The standard InChI is InChI=1S/C12H20N4O.ClH/c1-8(10-6-14-15-7-10)16-12(17)9-3-2-4-11(13)5-9;/h6-9,11H,2-5,13H2,1H3,(H,14,15)(H,16,17);1H. The quantitative estimate of drug-likeness (QED) is 0.780. The second-order valence-electron chi connectivity index (χ2n) is 4.89. The third-order valence-corrected chi connectivity index (χ3v) is 3.46. The number of H-pyrrole nitrogens is 1. The molecule has 18 heavy (non-hydrogen) atoms. The Morgan fingerprint density at radius 3 is 3.00 bits per heavy atom. The van der Waals surface area contributed by atoms with Crippen molar-refractivity contribution in [1.29, 1.82) is 0 Å². The molecule has 1 aliphatic rings. The minimum absolute atomic E-state index is 0. The minimum atomic E-state index is -0.000555. The lowest BCUT2D eigenvalue weighted by atomic mass is 9.85. The second-order valence-corrected chi connectivity index (χ2v) is 4.89. The average Bonchev–Trinajstić information content (AvgIpc) is 2.82. The van der Waals surface area contributed by atoms with Crippen LogP contribution in [0.15, 0.2) is 12.4 Å². The Kier molecular flexibility index (Phi) is 5.62. The zero-order chi connectivity index (χ0) is 12.3. The van der Waals surface area contributed by atoms with Crippen LogP contribution < -0.4 is 11.1 Å². The Morgan fingerprint density at radius 1 is 1.61 bits per heavy atom. The molecule has 0 radical (unpaired) electrons. The Labute approximate surface area is 113 Å². The predicted molar refractivity (Wildman–Crippen MR) is 72.3 cm³/mol. The van der Waals surface area contributed by atoms with Gasteiger partial charge in [-0.05, 0) is 26.2 Å². The smallest absolute Gasteiger partial charge is 0.223 e. The summed E-state index contributed by atoms with van der Waals surface area (Å²) in [7, 11) is 0. The maximum Gasteiger partial charge on any atom is 0.223 e. The maximum atomic E-state index is 12.1. The first-order chi connectivity index (χ1) is 8.16. The van der Waals surface area contributed by atoms with Gasteiger partial charge in [-0.3, -0.25) is 9.89 Å². The predicted octanol–water partition coefficient (Wildman–Crippen LogP) is 1.53. The van der Waals surface area contributed by atoms with E-state index in [1.165, 1.54) is 0 Å². The van der Waals surface area contributed by atoms with Crippen LogP contribution in [-0.2, 0) is 4.79 Å². The highest BCUT2D eigenvalue weighted by atomic mass is 35.5. The van der Waals surface area contributed by atoms with Crippen LogP contribution in [0.5, 0.6) is 0 Å². The number of halogens is 1. The fourth-order valence-electron chi connectivity index (χ4n) is 2.38. The number of nitrogens with one attached hydrogen (secondary N) is 2. The van der Waals surface area contributed by atoms with Gasteiger partial charge in [0.25, 0.3) is 0 Å². The zero-order valence-corrected chi connectivity index (χ0v) is 11.4. The van der Waals surface area contributed by atoms with Crippen LogP contribution in [0.25, 0.3) is 0 Å². The maximum absolute atomic E-state index is 12.1. The molecule has 1 aliphatic carbocycles. The van der Waals surface area contributed by atoms with E-state index in [1.54, 1.807) is 12.4 Å². The summed E-state index contributed by atoms with van der Waals surface area (Å²) in [6.07, 6.45) is 7.40. The summed E-state index contributed by atoms with van der Waals surface area (Å²) < 4.78 is 0. The summed E-state index contributed by atoms with van der Waals surface area (Å²) in [6.45, 7) is 1.96. The largest absolute Gasteiger partial charge is 0.349 e. The van der Waals surface area contributed by atoms with Gasteiger partial charge in [-0.2, -0.15) is 5.10 Å². The van der Waals surface area contributed by atoms with Gasteiger partial charge >= 0.3 is 0 Å². The molecule has 5 nitrogen and oxygen atoms in total. The van der Waals surface area contributed by atoms with Gasteiger partial charge in [-0.15, -0.1) is 12.4 Å². The molecule has 0 aromatic carbocycles. The van der Waals surface area contributed by atoms with Gasteiger partial charge in [0.1, 0.15) is 0 Å². The van der Waals surface area contributed by atoms with Gasteiger partial charge in [-0.1, -0.05) is 6.42 Å². The molecule has 1 fully saturated rings. The molecule has 1 heterocycles. The second kappa shape index (κ2) is 6.75. The van der Waals surface area contributed by atoms with Crippen molar-refractivity contribution in [3.8, 4) is 0 Å². The third kappa shape index (κ3) is 3.71. The number of rotatable bonds is 3. The topological polar surface area (TPSA) is 83.8 Å². The molecular weight excluding hydrogens is 252 g/mol. The van der Waals surface area contributed by atoms with Crippen molar-refractivity contribution in [3.63, 3.8) is 0 Å². The minimum Gasteiger partial charge on any atom is -0.349 e. The number of nitrogens with two attached hydrogens (primary N) is 1. The molecule has 2 rings (SSSR count). The molecule has 1 aromatic heterocycles. The van der Waals surface area contributed by atoms with Crippen LogP contribution in [0.2, 0.25) is 0 Å². The van der Waals surface area contributed by atoms with E-state index in [-0.39, 0.29) is 36.3 Å². The number of hydrogen-bond donors (Lipinski definition) is 3. The summed E-state index contributed by atoms with van der Waals surface area (Å²) >= 11 is 0. The highest BCUT2D eigenvalue weighted by Crippen LogP contribution is 2.24. The highest BCUT2D eigenvalue weighted by Gasteiger charge is 2.26. The van der Waals surface area contributed by atoms with Crippen molar-refractivity contribution in [2.24, 2.45) is 11.7 Å². The van der Waals surface area contributed by atoms with E-state index in [1.807, 2.05) is 6.92 Å². The molecule has 0 saturated heterocycles. The number of nitrogens with zero attached hydrogens (tertiary/aromatic N) is 1. The van der Waals surface area contributed by atoms with E-state index in [0.717, 1.165) is 31.2 Å². The molecule has 0 spiro atoms. The van der Waals surface area contributed by atoms with Gasteiger partial charge in [0.15, 0.2) is 0 Å². The van der Waals surface area contributed by atoms with E-state index in [0.29, 0.717) is 0 Å². The van der Waals surface area contributed by atoms with Crippen molar-refractivity contribution in [2.75, 3.05) is 0 Å². The molecule has 1 saturated carbocycles. The van der Waals surface area contributed by atoms with Crippen molar-refractivity contribution in [2.45, 2.75) is 44.7 Å². The van der Waals surface area contributed by atoms with E-state index < -0.39 is 0 Å². The number of amides is 1. The lowest BCUT2D eigenvalue weighted by molar-refractivity contribution is -0.126.